The van der Waals surface area contributed by atoms with Gasteiger partial charge < -0.3 is 10.1 Å². The van der Waals surface area contributed by atoms with E-state index in [0.29, 0.717) is 18.9 Å². The van der Waals surface area contributed by atoms with E-state index >= 15 is 0 Å². The number of halogens is 1. The molecule has 0 bridgehead atoms. The van der Waals surface area contributed by atoms with Crippen LogP contribution in [0.3, 0.4) is 0 Å². The van der Waals surface area contributed by atoms with Crippen LogP contribution in [0.1, 0.15) is 19.8 Å². The molecular weight excluding hydrogens is 219 g/mol. The third-order valence-corrected chi connectivity index (χ3v) is 3.12. The third-order valence-electron chi connectivity index (χ3n) is 3.12. The van der Waals surface area contributed by atoms with Crippen LogP contribution in [0.2, 0.25) is 0 Å². The Morgan fingerprint density at radius 3 is 3.18 bits per heavy atom. The van der Waals surface area contributed by atoms with Crippen molar-refractivity contribution in [3.63, 3.8) is 0 Å². The first-order valence-corrected chi connectivity index (χ1v) is 6.23. The summed E-state index contributed by atoms with van der Waals surface area (Å²) in [5.41, 5.74) is 0. The highest BCUT2D eigenvalue weighted by Crippen LogP contribution is 2.18. The average molecular weight is 238 g/mol. The van der Waals surface area contributed by atoms with Crippen molar-refractivity contribution < 1.29 is 9.13 Å². The maximum Gasteiger partial charge on any atom is 0.195 e. The summed E-state index contributed by atoms with van der Waals surface area (Å²) in [6, 6.07) is 0. The number of allylic oxidation sites excluding steroid dienone is 2. The van der Waals surface area contributed by atoms with Crippen LogP contribution >= 0.6 is 0 Å². The molecule has 3 nitrogen and oxygen atoms in total. The van der Waals surface area contributed by atoms with Gasteiger partial charge in [-0.2, -0.15) is 0 Å². The van der Waals surface area contributed by atoms with E-state index < -0.39 is 6.17 Å². The third kappa shape index (κ3) is 3.16. The summed E-state index contributed by atoms with van der Waals surface area (Å²) >= 11 is 0. The van der Waals surface area contributed by atoms with E-state index in [1.807, 2.05) is 12.2 Å². The van der Waals surface area contributed by atoms with Crippen LogP contribution in [0, 0.1) is 5.92 Å². The van der Waals surface area contributed by atoms with Crippen molar-refractivity contribution in [3.05, 3.63) is 24.4 Å². The Bertz CT molecular complexity index is 338. The normalized spacial score (nSPS) is 33.1. The molecule has 1 unspecified atom stereocenters. The molecule has 0 aromatic carbocycles. The van der Waals surface area contributed by atoms with Gasteiger partial charge in [0.2, 0.25) is 0 Å². The fourth-order valence-corrected chi connectivity index (χ4v) is 2.06. The number of rotatable bonds is 2. The van der Waals surface area contributed by atoms with E-state index in [1.54, 1.807) is 6.20 Å². The molecule has 0 amide bonds. The van der Waals surface area contributed by atoms with Crippen molar-refractivity contribution in [2.24, 2.45) is 10.9 Å². The van der Waals surface area contributed by atoms with E-state index in [2.05, 4.69) is 23.3 Å². The lowest BCUT2D eigenvalue weighted by Crippen LogP contribution is -2.44. The average Bonchev–Trinajstić information content (AvgIpc) is 2.57. The van der Waals surface area contributed by atoms with Gasteiger partial charge in [0.15, 0.2) is 5.90 Å². The fraction of sp³-hybridized carbons (Fsp3) is 0.615. The number of ether oxygens (including phenoxy) is 1. The summed E-state index contributed by atoms with van der Waals surface area (Å²) in [7, 11) is 0. The van der Waals surface area contributed by atoms with Gasteiger partial charge >= 0.3 is 0 Å². The fourth-order valence-electron chi connectivity index (χ4n) is 2.06. The summed E-state index contributed by atoms with van der Waals surface area (Å²) < 4.78 is 19.4. The maximum atomic E-state index is 13.7. The quantitative estimate of drug-likeness (QED) is 0.800. The Morgan fingerprint density at radius 2 is 2.41 bits per heavy atom. The van der Waals surface area contributed by atoms with Gasteiger partial charge in [-0.15, -0.1) is 0 Å². The van der Waals surface area contributed by atoms with E-state index in [4.69, 9.17) is 4.74 Å². The molecule has 1 saturated heterocycles. The molecule has 0 aliphatic carbocycles. The Hall–Kier alpha value is -1.16. The number of hydrogen-bond acceptors (Lipinski definition) is 3. The summed E-state index contributed by atoms with van der Waals surface area (Å²) in [5.74, 6) is 0.805. The van der Waals surface area contributed by atoms with E-state index in [9.17, 15) is 4.39 Å². The first-order valence-electron chi connectivity index (χ1n) is 6.23. The van der Waals surface area contributed by atoms with Gasteiger partial charge in [0.05, 0.1) is 5.92 Å². The molecule has 2 heterocycles. The number of piperidine rings is 1. The highest BCUT2D eigenvalue weighted by molar-refractivity contribution is 5.81. The molecule has 2 rings (SSSR count). The van der Waals surface area contributed by atoms with Crippen LogP contribution in [-0.2, 0) is 4.74 Å². The molecule has 0 radical (unpaired) electrons. The predicted octanol–water partition coefficient (Wildman–Crippen LogP) is 2.21. The highest BCUT2D eigenvalue weighted by Gasteiger charge is 2.28. The number of nitrogens with zero attached hydrogens (tertiary/aromatic N) is 1. The van der Waals surface area contributed by atoms with Crippen molar-refractivity contribution in [1.29, 1.82) is 0 Å². The summed E-state index contributed by atoms with van der Waals surface area (Å²) in [6.45, 7) is 3.26. The minimum absolute atomic E-state index is 0.159. The lowest BCUT2D eigenvalue weighted by atomic mass is 10.0. The van der Waals surface area contributed by atoms with Gasteiger partial charge in [-0.05, 0) is 25.5 Å². The van der Waals surface area contributed by atoms with Gasteiger partial charge in [0.1, 0.15) is 12.3 Å². The Balaban J connectivity index is 2.02. The smallest absolute Gasteiger partial charge is 0.195 e. The molecule has 0 aromatic heterocycles. The number of hydrogen-bond donors (Lipinski definition) is 1. The van der Waals surface area contributed by atoms with Crippen LogP contribution in [0.15, 0.2) is 29.4 Å². The standard InChI is InChI=1S/C13H19FN2O/c1-2-10-5-3-4-7-16-13(10)17-12-6-8-15-9-11(12)14/h3-5,7,10-12,15H,2,6,8-9H2,1H3/t10?,11-,12+/m0/s1. The SMILES string of the molecule is CCC1C=CC=CN=C1O[C@@H]1CCNC[C@@H]1F. The minimum Gasteiger partial charge on any atom is -0.474 e. The van der Waals surface area contributed by atoms with Crippen molar-refractivity contribution in [2.75, 3.05) is 13.1 Å². The van der Waals surface area contributed by atoms with E-state index in [1.165, 1.54) is 0 Å². The van der Waals surface area contributed by atoms with Crippen LogP contribution in [0.5, 0.6) is 0 Å². The summed E-state index contributed by atoms with van der Waals surface area (Å²) in [5, 5.41) is 3.02. The minimum atomic E-state index is -0.944. The van der Waals surface area contributed by atoms with Crippen LogP contribution in [0.25, 0.3) is 0 Å². The molecule has 0 saturated carbocycles. The first kappa shape index (κ1) is 12.3. The molecule has 2 aliphatic rings. The van der Waals surface area contributed by atoms with Crippen molar-refractivity contribution in [2.45, 2.75) is 32.0 Å². The Morgan fingerprint density at radius 1 is 1.53 bits per heavy atom. The zero-order chi connectivity index (χ0) is 12.1. The molecule has 4 heteroatoms. The molecule has 1 N–H and O–H groups in total. The van der Waals surface area contributed by atoms with E-state index in [0.717, 1.165) is 13.0 Å². The number of nitrogens with one attached hydrogen (secondary N) is 1. The second-order valence-electron chi connectivity index (χ2n) is 4.37. The van der Waals surface area contributed by atoms with Crippen molar-refractivity contribution in [3.8, 4) is 0 Å². The van der Waals surface area contributed by atoms with Gasteiger partial charge in [-0.3, -0.25) is 0 Å². The van der Waals surface area contributed by atoms with Crippen LogP contribution < -0.4 is 5.32 Å². The van der Waals surface area contributed by atoms with Gasteiger partial charge in [-0.1, -0.05) is 19.1 Å². The Labute approximate surface area is 101 Å². The topological polar surface area (TPSA) is 33.6 Å². The summed E-state index contributed by atoms with van der Waals surface area (Å²) in [4.78, 5) is 4.27. The molecular formula is C13H19FN2O. The second kappa shape index (κ2) is 5.96. The van der Waals surface area contributed by atoms with Gasteiger partial charge in [-0.25, -0.2) is 9.38 Å². The predicted molar refractivity (Wildman–Crippen MR) is 66.8 cm³/mol. The number of aliphatic imine (C=N–C) groups is 1. The monoisotopic (exact) mass is 238 g/mol. The Kier molecular flexibility index (Phi) is 4.31. The van der Waals surface area contributed by atoms with Crippen LogP contribution in [0.4, 0.5) is 4.39 Å². The first-order chi connectivity index (χ1) is 8.31. The maximum absolute atomic E-state index is 13.7. The lowest BCUT2D eigenvalue weighted by Gasteiger charge is -2.29. The van der Waals surface area contributed by atoms with Crippen molar-refractivity contribution >= 4 is 5.90 Å². The molecule has 3 atom stereocenters. The number of alkyl halides is 1. The molecule has 17 heavy (non-hydrogen) atoms. The molecule has 0 spiro atoms. The second-order valence-corrected chi connectivity index (χ2v) is 4.37. The highest BCUT2D eigenvalue weighted by atomic mass is 19.1. The largest absolute Gasteiger partial charge is 0.474 e. The molecule has 94 valence electrons. The van der Waals surface area contributed by atoms with Gasteiger partial charge in [0.25, 0.3) is 0 Å². The zero-order valence-corrected chi connectivity index (χ0v) is 10.1. The van der Waals surface area contributed by atoms with Crippen LogP contribution in [-0.4, -0.2) is 31.3 Å². The summed E-state index contributed by atoms with van der Waals surface area (Å²) in [6.07, 6.45) is 7.90. The molecule has 2 aliphatic heterocycles. The zero-order valence-electron chi connectivity index (χ0n) is 10.1. The van der Waals surface area contributed by atoms with E-state index in [-0.39, 0.29) is 12.0 Å². The van der Waals surface area contributed by atoms with Gasteiger partial charge in [0, 0.05) is 12.7 Å². The van der Waals surface area contributed by atoms with Crippen molar-refractivity contribution in [1.82, 2.24) is 5.32 Å². The lowest BCUT2D eigenvalue weighted by molar-refractivity contribution is 0.0589. The molecule has 0 aromatic rings. The molecule has 1 fully saturated rings.